The first kappa shape index (κ1) is 17.0. The average molecular weight is 352 g/mol. The molecule has 0 bridgehead atoms. The third-order valence-corrected chi connectivity index (χ3v) is 5.90. The minimum Gasteiger partial charge on any atom is -0.338 e. The minimum absolute atomic E-state index is 0.100. The molecule has 0 spiro atoms. The van der Waals surface area contributed by atoms with Gasteiger partial charge in [0.15, 0.2) is 0 Å². The third kappa shape index (κ3) is 3.06. The highest BCUT2D eigenvalue weighted by molar-refractivity contribution is 6.07. The molecular formula is C21H24N2O3. The number of fused-ring (bicyclic) bond motifs is 1. The van der Waals surface area contributed by atoms with E-state index in [-0.39, 0.29) is 42.1 Å². The number of likely N-dealkylation sites (tertiary alicyclic amines) is 2. The van der Waals surface area contributed by atoms with Crippen LogP contribution in [0.4, 0.5) is 0 Å². The zero-order valence-electron chi connectivity index (χ0n) is 14.8. The summed E-state index contributed by atoms with van der Waals surface area (Å²) in [6.45, 7) is 0.608. The van der Waals surface area contributed by atoms with E-state index in [0.29, 0.717) is 19.4 Å². The molecule has 0 radical (unpaired) electrons. The number of allylic oxidation sites excluding steroid dienone is 2. The molecule has 1 aliphatic carbocycles. The van der Waals surface area contributed by atoms with Crippen LogP contribution < -0.4 is 0 Å². The second-order valence-corrected chi connectivity index (χ2v) is 7.49. The van der Waals surface area contributed by atoms with Crippen molar-refractivity contribution in [3.8, 4) is 0 Å². The Morgan fingerprint density at radius 3 is 2.31 bits per heavy atom. The van der Waals surface area contributed by atoms with Gasteiger partial charge in [0.1, 0.15) is 6.54 Å². The smallest absolute Gasteiger partial charge is 0.243 e. The number of amides is 3. The molecular weight excluding hydrogens is 328 g/mol. The number of benzene rings is 1. The molecule has 0 aromatic heterocycles. The van der Waals surface area contributed by atoms with Crippen LogP contribution in [0.2, 0.25) is 0 Å². The van der Waals surface area contributed by atoms with Crippen molar-refractivity contribution in [3.63, 3.8) is 0 Å². The van der Waals surface area contributed by atoms with E-state index in [4.69, 9.17) is 0 Å². The molecule has 3 aliphatic rings. The van der Waals surface area contributed by atoms with Gasteiger partial charge in [-0.25, -0.2) is 0 Å². The number of carbonyl (C=O) groups is 3. The molecule has 2 heterocycles. The van der Waals surface area contributed by atoms with E-state index in [9.17, 15) is 14.4 Å². The Balaban J connectivity index is 1.42. The Kier molecular flexibility index (Phi) is 4.62. The first-order chi connectivity index (χ1) is 12.6. The second kappa shape index (κ2) is 7.06. The molecule has 3 amide bonds. The summed E-state index contributed by atoms with van der Waals surface area (Å²) in [6.07, 6.45) is 7.92. The fraction of sp³-hybridized carbons (Fsp3) is 0.476. The van der Waals surface area contributed by atoms with Gasteiger partial charge in [-0.05, 0) is 37.7 Å². The number of rotatable bonds is 4. The van der Waals surface area contributed by atoms with Gasteiger partial charge in [-0.1, -0.05) is 42.5 Å². The van der Waals surface area contributed by atoms with Gasteiger partial charge in [-0.3, -0.25) is 19.3 Å². The summed E-state index contributed by atoms with van der Waals surface area (Å²) < 4.78 is 0. The maximum atomic E-state index is 12.9. The highest BCUT2D eigenvalue weighted by Gasteiger charge is 2.48. The van der Waals surface area contributed by atoms with E-state index in [1.165, 1.54) is 10.5 Å². The summed E-state index contributed by atoms with van der Waals surface area (Å²) in [7, 11) is 0. The molecule has 1 aromatic carbocycles. The maximum absolute atomic E-state index is 12.9. The lowest BCUT2D eigenvalue weighted by Crippen LogP contribution is -2.45. The summed E-state index contributed by atoms with van der Waals surface area (Å²) in [5, 5.41) is 0. The van der Waals surface area contributed by atoms with Crippen molar-refractivity contribution in [2.45, 2.75) is 38.1 Å². The summed E-state index contributed by atoms with van der Waals surface area (Å²) in [5.41, 5.74) is 1.21. The first-order valence-corrected chi connectivity index (χ1v) is 9.49. The van der Waals surface area contributed by atoms with Crippen LogP contribution in [0.1, 0.15) is 31.2 Å². The standard InChI is InChI=1S/C21H24N2O3/c24-19(14-23-20(25)17-10-4-5-11-18(17)21(23)26)22-12-6-9-16(22)13-15-7-2-1-3-8-15/h1-5,7-8,16-18H,6,9-14H2/t16-,17+,18+/m0/s1. The molecule has 0 N–H and O–H groups in total. The monoisotopic (exact) mass is 352 g/mol. The molecule has 5 heteroatoms. The Labute approximate surface area is 153 Å². The molecule has 26 heavy (non-hydrogen) atoms. The van der Waals surface area contributed by atoms with Gasteiger partial charge in [0, 0.05) is 12.6 Å². The van der Waals surface area contributed by atoms with Crippen LogP contribution in [0.5, 0.6) is 0 Å². The Morgan fingerprint density at radius 2 is 1.65 bits per heavy atom. The van der Waals surface area contributed by atoms with Gasteiger partial charge in [0.25, 0.3) is 0 Å². The Bertz CT molecular complexity index is 717. The molecule has 2 aliphatic heterocycles. The normalized spacial score (nSPS) is 27.9. The van der Waals surface area contributed by atoms with Crippen LogP contribution in [-0.2, 0) is 20.8 Å². The van der Waals surface area contributed by atoms with Crippen molar-refractivity contribution < 1.29 is 14.4 Å². The van der Waals surface area contributed by atoms with Gasteiger partial charge in [0.05, 0.1) is 11.8 Å². The summed E-state index contributed by atoms with van der Waals surface area (Å²) >= 11 is 0. The van der Waals surface area contributed by atoms with Gasteiger partial charge < -0.3 is 4.90 Å². The van der Waals surface area contributed by atoms with Crippen molar-refractivity contribution in [3.05, 3.63) is 48.0 Å². The molecule has 5 nitrogen and oxygen atoms in total. The lowest BCUT2D eigenvalue weighted by molar-refractivity contribution is -0.146. The number of carbonyl (C=O) groups excluding carboxylic acids is 3. The van der Waals surface area contributed by atoms with Crippen molar-refractivity contribution in [2.24, 2.45) is 11.8 Å². The molecule has 0 saturated carbocycles. The number of hydrogen-bond acceptors (Lipinski definition) is 3. The molecule has 2 saturated heterocycles. The molecule has 4 rings (SSSR count). The van der Waals surface area contributed by atoms with Crippen molar-refractivity contribution >= 4 is 17.7 Å². The molecule has 136 valence electrons. The molecule has 0 unspecified atom stereocenters. The van der Waals surface area contributed by atoms with Crippen LogP contribution >= 0.6 is 0 Å². The zero-order chi connectivity index (χ0) is 18.1. The van der Waals surface area contributed by atoms with Gasteiger partial charge in [-0.2, -0.15) is 0 Å². The SMILES string of the molecule is O=C1[C@@H]2CC=CC[C@H]2C(=O)N1CC(=O)N1CCC[C@H]1Cc1ccccc1. The summed E-state index contributed by atoms with van der Waals surface area (Å²) in [4.78, 5) is 41.1. The fourth-order valence-electron chi connectivity index (χ4n) is 4.51. The topological polar surface area (TPSA) is 57.7 Å². The van der Waals surface area contributed by atoms with Gasteiger partial charge >= 0.3 is 0 Å². The Morgan fingerprint density at radius 1 is 1.00 bits per heavy atom. The zero-order valence-corrected chi connectivity index (χ0v) is 14.8. The fourth-order valence-corrected chi connectivity index (χ4v) is 4.51. The third-order valence-electron chi connectivity index (χ3n) is 5.90. The highest BCUT2D eigenvalue weighted by atomic mass is 16.2. The predicted octanol–water partition coefficient (Wildman–Crippen LogP) is 2.17. The van der Waals surface area contributed by atoms with Crippen LogP contribution in [0.15, 0.2) is 42.5 Å². The Hall–Kier alpha value is -2.43. The van der Waals surface area contributed by atoms with E-state index in [2.05, 4.69) is 12.1 Å². The van der Waals surface area contributed by atoms with Crippen LogP contribution in [0.25, 0.3) is 0 Å². The van der Waals surface area contributed by atoms with Crippen molar-refractivity contribution in [2.75, 3.05) is 13.1 Å². The summed E-state index contributed by atoms with van der Waals surface area (Å²) in [6, 6.07) is 10.3. The lowest BCUT2D eigenvalue weighted by atomic mass is 9.85. The van der Waals surface area contributed by atoms with E-state index >= 15 is 0 Å². The van der Waals surface area contributed by atoms with E-state index in [0.717, 1.165) is 19.3 Å². The lowest BCUT2D eigenvalue weighted by Gasteiger charge is -2.27. The maximum Gasteiger partial charge on any atom is 0.243 e. The quantitative estimate of drug-likeness (QED) is 0.616. The van der Waals surface area contributed by atoms with E-state index in [1.54, 1.807) is 0 Å². The van der Waals surface area contributed by atoms with Gasteiger partial charge in [-0.15, -0.1) is 0 Å². The largest absolute Gasteiger partial charge is 0.338 e. The minimum atomic E-state index is -0.265. The van der Waals surface area contributed by atoms with Crippen molar-refractivity contribution in [1.29, 1.82) is 0 Å². The first-order valence-electron chi connectivity index (χ1n) is 9.49. The number of nitrogens with zero attached hydrogens (tertiary/aromatic N) is 2. The van der Waals surface area contributed by atoms with E-state index < -0.39 is 0 Å². The molecule has 2 fully saturated rings. The van der Waals surface area contributed by atoms with Gasteiger partial charge in [0.2, 0.25) is 17.7 Å². The molecule has 1 aromatic rings. The number of hydrogen-bond donors (Lipinski definition) is 0. The van der Waals surface area contributed by atoms with Crippen LogP contribution in [0.3, 0.4) is 0 Å². The summed E-state index contributed by atoms with van der Waals surface area (Å²) in [5.74, 6) is -0.970. The van der Waals surface area contributed by atoms with Crippen LogP contribution in [-0.4, -0.2) is 46.7 Å². The average Bonchev–Trinajstić information content (AvgIpc) is 3.22. The van der Waals surface area contributed by atoms with Crippen molar-refractivity contribution in [1.82, 2.24) is 9.80 Å². The second-order valence-electron chi connectivity index (χ2n) is 7.49. The van der Waals surface area contributed by atoms with Crippen LogP contribution in [0, 0.1) is 11.8 Å². The predicted molar refractivity (Wildman–Crippen MR) is 97.0 cm³/mol. The van der Waals surface area contributed by atoms with E-state index in [1.807, 2.05) is 35.3 Å². The highest BCUT2D eigenvalue weighted by Crippen LogP contribution is 2.35. The molecule has 3 atom stereocenters. The number of imide groups is 1.